The predicted molar refractivity (Wildman–Crippen MR) is 352 cm³/mol. The second-order valence-electron chi connectivity index (χ2n) is 24.2. The van der Waals surface area contributed by atoms with Crippen molar-refractivity contribution >= 4 is 75.5 Å². The monoisotopic (exact) mass is 1260 g/mol. The van der Waals surface area contributed by atoms with E-state index in [1.807, 2.05) is 36.4 Å². The minimum Gasteiger partial charge on any atom is -1.00 e. The van der Waals surface area contributed by atoms with E-state index in [0.717, 1.165) is 67.0 Å². The number of benzene rings is 7. The summed E-state index contributed by atoms with van der Waals surface area (Å²) in [5.41, 5.74) is 14.9. The van der Waals surface area contributed by atoms with Crippen molar-refractivity contribution in [1.82, 2.24) is 15.1 Å². The zero-order valence-corrected chi connectivity index (χ0v) is 53.4. The number of hydrogen-bond donors (Lipinski definition) is 5. The summed E-state index contributed by atoms with van der Waals surface area (Å²) in [6, 6.07) is 45.7. The van der Waals surface area contributed by atoms with E-state index in [-0.39, 0.29) is 46.5 Å². The van der Waals surface area contributed by atoms with Crippen molar-refractivity contribution in [3.05, 3.63) is 227 Å². The lowest BCUT2D eigenvalue weighted by molar-refractivity contribution is -0.401. The Balaban J connectivity index is 0.00000961. The Morgan fingerprint density at radius 1 is 0.616 bits per heavy atom. The summed E-state index contributed by atoms with van der Waals surface area (Å²) in [7, 11) is 0.994. The molecule has 0 atom stereocenters. The van der Waals surface area contributed by atoms with Crippen LogP contribution in [0.5, 0.6) is 0 Å². The molecule has 0 aromatic heterocycles. The Kier molecular flexibility index (Phi) is 21.3. The van der Waals surface area contributed by atoms with Gasteiger partial charge in [0.1, 0.15) is 7.05 Å². The first kappa shape index (κ1) is 65.0. The molecule has 86 heavy (non-hydrogen) atoms. The van der Waals surface area contributed by atoms with Gasteiger partial charge in [-0.3, -0.25) is 19.4 Å². The minimum atomic E-state index is -1.65. The molecule has 14 heteroatoms. The van der Waals surface area contributed by atoms with Gasteiger partial charge >= 0.3 is 14.2 Å². The van der Waals surface area contributed by atoms with Crippen molar-refractivity contribution in [2.24, 2.45) is 0 Å². The third-order valence-corrected chi connectivity index (χ3v) is 17.4. The highest BCUT2D eigenvalue weighted by molar-refractivity contribution is 6.59. The molecule has 7 aromatic rings. The summed E-state index contributed by atoms with van der Waals surface area (Å²) in [6.07, 6.45) is 13.3. The van der Waals surface area contributed by atoms with Crippen LogP contribution in [-0.2, 0) is 46.6 Å². The number of likely N-dealkylation sites (N-methyl/N-ethyl adjacent to an activating group) is 1. The molecule has 0 unspecified atom stereocenters. The molecular formula is C72H82B2IN5O6. The fourth-order valence-corrected chi connectivity index (χ4v) is 12.8. The largest absolute Gasteiger partial charge is 1.00 e. The summed E-state index contributed by atoms with van der Waals surface area (Å²) >= 11 is 0. The summed E-state index contributed by atoms with van der Waals surface area (Å²) in [4.78, 5) is 32.4. The normalized spacial score (nSPS) is 14.7. The number of unbranched alkanes of at least 4 members (excludes halogenated alkanes) is 1. The number of nitrogens with one attached hydrogen (secondary N) is 1. The van der Waals surface area contributed by atoms with Gasteiger partial charge < -0.3 is 54.3 Å². The number of halogens is 1. The number of carbonyl (C=O) groups excluding carboxylic acids is 2. The number of fused-ring (bicyclic) bond motifs is 4. The smallest absolute Gasteiger partial charge is 0.488 e. The zero-order valence-electron chi connectivity index (χ0n) is 51.2. The second-order valence-corrected chi connectivity index (χ2v) is 24.2. The highest BCUT2D eigenvalue weighted by Crippen LogP contribution is 2.49. The maximum Gasteiger partial charge on any atom is 0.488 e. The molecule has 11 nitrogen and oxygen atoms in total. The van der Waals surface area contributed by atoms with Gasteiger partial charge in [0, 0.05) is 92.8 Å². The van der Waals surface area contributed by atoms with Crippen molar-refractivity contribution in [2.75, 3.05) is 38.6 Å². The maximum absolute atomic E-state index is 12.8. The van der Waals surface area contributed by atoms with Crippen LogP contribution in [0.15, 0.2) is 194 Å². The molecule has 5 N–H and O–H groups in total. The van der Waals surface area contributed by atoms with Crippen LogP contribution in [0, 0.1) is 0 Å². The van der Waals surface area contributed by atoms with Crippen molar-refractivity contribution in [3.63, 3.8) is 0 Å². The first-order valence-electron chi connectivity index (χ1n) is 29.7. The van der Waals surface area contributed by atoms with Crippen LogP contribution >= 0.6 is 0 Å². The van der Waals surface area contributed by atoms with E-state index in [2.05, 4.69) is 195 Å². The Morgan fingerprint density at radius 3 is 1.77 bits per heavy atom. The molecule has 1 amide bonds. The molecule has 444 valence electrons. The SMILES string of the molecule is C=C(C)C(=O)CCCCN(Cc1ccccc1B(O)O)Cc1c2ccccc2c(CN(CCCNC(=O)C(=C)C)Cc2ccccc2B(O)O)c2ccc(-c3ccc4c(c3)C(C)(C)C(=CC=CC=CC3=[N+](C)c5ccccc5C3(C)C)N4C)cc12.[I-]. The van der Waals surface area contributed by atoms with Crippen molar-refractivity contribution in [1.29, 1.82) is 0 Å². The van der Waals surface area contributed by atoms with Crippen LogP contribution in [-0.4, -0.2) is 99.8 Å². The zero-order chi connectivity index (χ0) is 60.7. The lowest BCUT2D eigenvalue weighted by Crippen LogP contribution is -3.00. The molecule has 2 aliphatic heterocycles. The number of nitrogens with zero attached hydrogens (tertiary/aromatic N) is 4. The van der Waals surface area contributed by atoms with E-state index in [9.17, 15) is 29.7 Å². The van der Waals surface area contributed by atoms with Crippen LogP contribution in [0.2, 0.25) is 0 Å². The molecule has 2 aliphatic rings. The van der Waals surface area contributed by atoms with Gasteiger partial charge in [-0.15, -0.1) is 0 Å². The lowest BCUT2D eigenvalue weighted by atomic mass is 9.77. The first-order valence-corrected chi connectivity index (χ1v) is 29.7. The summed E-state index contributed by atoms with van der Waals surface area (Å²) in [5, 5.41) is 49.6. The number of carbonyl (C=O) groups is 2. The molecule has 0 aliphatic carbocycles. The third-order valence-electron chi connectivity index (χ3n) is 17.4. The van der Waals surface area contributed by atoms with Gasteiger partial charge in [0.25, 0.3) is 0 Å². The van der Waals surface area contributed by atoms with Crippen molar-refractivity contribution in [2.45, 2.75) is 104 Å². The fourth-order valence-electron chi connectivity index (χ4n) is 12.8. The molecule has 0 saturated heterocycles. The number of allylic oxidation sites excluding steroid dienone is 7. The van der Waals surface area contributed by atoms with E-state index in [4.69, 9.17) is 0 Å². The molecule has 9 rings (SSSR count). The van der Waals surface area contributed by atoms with Crippen LogP contribution in [0.1, 0.15) is 101 Å². The predicted octanol–water partition coefficient (Wildman–Crippen LogP) is 7.86. The molecule has 0 saturated carbocycles. The number of para-hydroxylation sites is 1. The summed E-state index contributed by atoms with van der Waals surface area (Å²) in [5.74, 6) is -0.136. The van der Waals surface area contributed by atoms with E-state index in [1.54, 1.807) is 26.0 Å². The Hall–Kier alpha value is -7.01. The molecule has 0 fully saturated rings. The van der Waals surface area contributed by atoms with Crippen LogP contribution < -0.4 is 45.1 Å². The van der Waals surface area contributed by atoms with Crippen LogP contribution in [0.25, 0.3) is 32.7 Å². The summed E-state index contributed by atoms with van der Waals surface area (Å²) < 4.78 is 2.29. The second kappa shape index (κ2) is 28.2. The topological polar surface area (TPSA) is 140 Å². The van der Waals surface area contributed by atoms with E-state index in [0.29, 0.717) is 87.1 Å². The van der Waals surface area contributed by atoms with Crippen molar-refractivity contribution in [3.8, 4) is 11.1 Å². The minimum absolute atomic E-state index is 0. The van der Waals surface area contributed by atoms with Gasteiger partial charge in [0.2, 0.25) is 11.6 Å². The molecule has 0 radical (unpaired) electrons. The highest BCUT2D eigenvalue weighted by atomic mass is 127. The number of Topliss-reactive ketones (excluding diaryl/α,β-unsaturated/α-hetero) is 1. The van der Waals surface area contributed by atoms with E-state index in [1.165, 1.54) is 28.2 Å². The van der Waals surface area contributed by atoms with E-state index < -0.39 is 14.2 Å². The standard InChI is InChI=1S/C72H81B2N5O6.HI/c1-49(2)67(80)33-22-23-41-78(45-53-25-14-19-30-63(53)73(82)83)48-60-56-28-17-16-27-55(56)59(47-79(42-24-40-75-70(81)50(3)4)46-54-26-15-20-31-64(54)74(84)85)57-38-36-51(43-58(57)60)52-37-39-66-62(44-52)72(7,8)69(77(66)10)35-13-11-12-34-68-71(5,6)61-29-18-21-32-65(61)76(68)9;/h11-21,25-32,34-39,43-44,82-85H,1,3,22-24,33,40-42,45-48H2,2,4-10H3;1H. The molecule has 0 spiro atoms. The van der Waals surface area contributed by atoms with Gasteiger partial charge in [-0.25, -0.2) is 0 Å². The number of rotatable bonds is 25. The van der Waals surface area contributed by atoms with Crippen LogP contribution in [0.3, 0.4) is 0 Å². The number of amides is 1. The fraction of sp³-hybridized carbons (Fsp3) is 0.292. The average Bonchev–Trinajstić information content (AvgIpc) is 1.32. The number of hydrogen-bond acceptors (Lipinski definition) is 9. The average molecular weight is 1260 g/mol. The van der Waals surface area contributed by atoms with Crippen LogP contribution in [0.4, 0.5) is 11.4 Å². The molecular weight excluding hydrogens is 1180 g/mol. The quantitative estimate of drug-likeness (QED) is 0.00737. The number of anilines is 1. The Labute approximate surface area is 526 Å². The van der Waals surface area contributed by atoms with Gasteiger partial charge in [-0.05, 0) is 155 Å². The van der Waals surface area contributed by atoms with Gasteiger partial charge in [-0.1, -0.05) is 154 Å². The molecule has 0 bridgehead atoms. The Bertz CT molecular complexity index is 3830. The molecule has 2 heterocycles. The van der Waals surface area contributed by atoms with Gasteiger partial charge in [-0.2, -0.15) is 4.58 Å². The first-order chi connectivity index (χ1) is 40.7. The van der Waals surface area contributed by atoms with Crippen molar-refractivity contribution < 1.29 is 58.2 Å². The van der Waals surface area contributed by atoms with E-state index >= 15 is 0 Å². The summed E-state index contributed by atoms with van der Waals surface area (Å²) in [6.45, 7) is 23.9. The van der Waals surface area contributed by atoms with Gasteiger partial charge in [0.05, 0.1) is 5.41 Å². The highest BCUT2D eigenvalue weighted by Gasteiger charge is 2.43. The maximum atomic E-state index is 12.8. The van der Waals surface area contributed by atoms with Gasteiger partial charge in [0.15, 0.2) is 11.5 Å². The molecule has 7 aromatic carbocycles. The third kappa shape index (κ3) is 14.2. The Morgan fingerprint density at radius 2 is 1.16 bits per heavy atom. The lowest BCUT2D eigenvalue weighted by Gasteiger charge is -2.28. The number of ketones is 1.